The highest BCUT2D eigenvalue weighted by atomic mass is 32.1. The zero-order chi connectivity index (χ0) is 21.9. The Morgan fingerprint density at radius 2 is 1.81 bits per heavy atom. The number of piperazine rings is 1. The predicted molar refractivity (Wildman–Crippen MR) is 127 cm³/mol. The van der Waals surface area contributed by atoms with Crippen molar-refractivity contribution < 1.29 is 9.53 Å². The molecular weight excluding hydrogens is 420 g/mol. The molecular formula is C25H24N4O2S. The van der Waals surface area contributed by atoms with Crippen LogP contribution in [0, 0.1) is 0 Å². The first-order valence-electron chi connectivity index (χ1n) is 10.7. The quantitative estimate of drug-likeness (QED) is 0.459. The Kier molecular flexibility index (Phi) is 5.83. The summed E-state index contributed by atoms with van der Waals surface area (Å²) in [7, 11) is 1.64. The predicted octanol–water partition coefficient (Wildman–Crippen LogP) is 4.32. The highest BCUT2D eigenvalue weighted by molar-refractivity contribution is 7.13. The maximum atomic E-state index is 13.0. The summed E-state index contributed by atoms with van der Waals surface area (Å²) in [6, 6.07) is 19.7. The molecule has 0 saturated carbocycles. The summed E-state index contributed by atoms with van der Waals surface area (Å²) in [6.07, 6.45) is 0. The van der Waals surface area contributed by atoms with E-state index in [1.165, 1.54) is 0 Å². The highest BCUT2D eigenvalue weighted by Gasteiger charge is 2.23. The van der Waals surface area contributed by atoms with Gasteiger partial charge >= 0.3 is 0 Å². The van der Waals surface area contributed by atoms with Gasteiger partial charge in [-0.3, -0.25) is 9.69 Å². The molecule has 6 nitrogen and oxygen atoms in total. The van der Waals surface area contributed by atoms with Gasteiger partial charge in [0.1, 0.15) is 16.5 Å². The van der Waals surface area contributed by atoms with Crippen molar-refractivity contribution in [2.75, 3.05) is 33.3 Å². The van der Waals surface area contributed by atoms with E-state index in [0.29, 0.717) is 18.8 Å². The smallest absolute Gasteiger partial charge is 0.272 e. The van der Waals surface area contributed by atoms with Gasteiger partial charge in [-0.15, -0.1) is 11.3 Å². The number of pyridine rings is 1. The molecule has 0 atom stereocenters. The second-order valence-corrected chi connectivity index (χ2v) is 8.69. The first-order valence-corrected chi connectivity index (χ1v) is 11.5. The lowest BCUT2D eigenvalue weighted by atomic mass is 10.1. The highest BCUT2D eigenvalue weighted by Crippen LogP contribution is 2.24. The van der Waals surface area contributed by atoms with Crippen LogP contribution in [0.1, 0.15) is 16.2 Å². The van der Waals surface area contributed by atoms with Crippen LogP contribution < -0.4 is 4.74 Å². The van der Waals surface area contributed by atoms with Crippen molar-refractivity contribution in [2.45, 2.75) is 6.54 Å². The first-order chi connectivity index (χ1) is 15.7. The van der Waals surface area contributed by atoms with E-state index in [4.69, 9.17) is 9.72 Å². The van der Waals surface area contributed by atoms with Crippen LogP contribution in [-0.2, 0) is 6.54 Å². The van der Waals surface area contributed by atoms with Gasteiger partial charge < -0.3 is 9.64 Å². The summed E-state index contributed by atoms with van der Waals surface area (Å²) < 4.78 is 5.26. The molecule has 2 aromatic heterocycles. The minimum Gasteiger partial charge on any atom is -0.497 e. The average molecular weight is 445 g/mol. The van der Waals surface area contributed by atoms with Crippen LogP contribution >= 0.6 is 11.3 Å². The second-order valence-electron chi connectivity index (χ2n) is 7.83. The largest absolute Gasteiger partial charge is 0.497 e. The third kappa shape index (κ3) is 4.35. The van der Waals surface area contributed by atoms with Crippen molar-refractivity contribution in [3.8, 4) is 16.3 Å². The molecule has 3 heterocycles. The summed E-state index contributed by atoms with van der Waals surface area (Å²) in [6.45, 7) is 3.85. The van der Waals surface area contributed by atoms with Crippen molar-refractivity contribution >= 4 is 28.1 Å². The molecule has 4 aromatic rings. The van der Waals surface area contributed by atoms with E-state index in [9.17, 15) is 4.79 Å². The van der Waals surface area contributed by atoms with Crippen LogP contribution in [0.25, 0.3) is 21.5 Å². The van der Waals surface area contributed by atoms with Crippen LogP contribution in [0.15, 0.2) is 66.0 Å². The molecule has 0 spiro atoms. The number of amides is 1. The molecule has 1 aliphatic rings. The molecule has 0 radical (unpaired) electrons. The Morgan fingerprint density at radius 1 is 1.00 bits per heavy atom. The maximum absolute atomic E-state index is 13.0. The van der Waals surface area contributed by atoms with Gasteiger partial charge in [-0.25, -0.2) is 9.97 Å². The molecule has 0 aliphatic carbocycles. The number of rotatable bonds is 5. The number of aromatic nitrogens is 2. The van der Waals surface area contributed by atoms with Gasteiger partial charge in [-0.05, 0) is 24.3 Å². The number of hydrogen-bond donors (Lipinski definition) is 0. The van der Waals surface area contributed by atoms with Gasteiger partial charge in [0.25, 0.3) is 5.91 Å². The zero-order valence-corrected chi connectivity index (χ0v) is 18.7. The fourth-order valence-electron chi connectivity index (χ4n) is 3.94. The Labute approximate surface area is 191 Å². The fourth-order valence-corrected chi connectivity index (χ4v) is 4.76. The summed E-state index contributed by atoms with van der Waals surface area (Å²) >= 11 is 1.68. The number of methoxy groups -OCH3 is 1. The zero-order valence-electron chi connectivity index (χ0n) is 17.9. The molecule has 0 N–H and O–H groups in total. The van der Waals surface area contributed by atoms with Crippen molar-refractivity contribution in [1.82, 2.24) is 19.8 Å². The van der Waals surface area contributed by atoms with Gasteiger partial charge in [0, 0.05) is 49.1 Å². The molecule has 162 valence electrons. The van der Waals surface area contributed by atoms with E-state index in [0.717, 1.165) is 52.6 Å². The molecule has 7 heteroatoms. The van der Waals surface area contributed by atoms with E-state index >= 15 is 0 Å². The minimum atomic E-state index is -0.0117. The van der Waals surface area contributed by atoms with E-state index in [2.05, 4.69) is 27.4 Å². The molecule has 1 saturated heterocycles. The van der Waals surface area contributed by atoms with Gasteiger partial charge in [0.2, 0.25) is 0 Å². The normalized spacial score (nSPS) is 14.6. The van der Waals surface area contributed by atoms with Crippen molar-refractivity contribution in [1.29, 1.82) is 0 Å². The third-order valence-electron chi connectivity index (χ3n) is 5.73. The molecule has 0 bridgehead atoms. The average Bonchev–Trinajstić information content (AvgIpc) is 3.32. The number of ether oxygens (including phenoxy) is 1. The Balaban J connectivity index is 1.20. The summed E-state index contributed by atoms with van der Waals surface area (Å²) in [5.41, 5.74) is 3.52. The lowest BCUT2D eigenvalue weighted by molar-refractivity contribution is 0.0622. The summed E-state index contributed by atoms with van der Waals surface area (Å²) in [5.74, 6) is 0.771. The van der Waals surface area contributed by atoms with Gasteiger partial charge in [0.15, 0.2) is 0 Å². The van der Waals surface area contributed by atoms with Gasteiger partial charge in [-0.2, -0.15) is 0 Å². The van der Waals surface area contributed by atoms with Crippen molar-refractivity contribution in [2.24, 2.45) is 0 Å². The molecule has 32 heavy (non-hydrogen) atoms. The molecule has 1 fully saturated rings. The lowest BCUT2D eigenvalue weighted by Crippen LogP contribution is -2.48. The lowest BCUT2D eigenvalue weighted by Gasteiger charge is -2.34. The second kappa shape index (κ2) is 9.06. The maximum Gasteiger partial charge on any atom is 0.272 e. The van der Waals surface area contributed by atoms with Crippen molar-refractivity contribution in [3.63, 3.8) is 0 Å². The van der Waals surface area contributed by atoms with Gasteiger partial charge in [-0.1, -0.05) is 36.4 Å². The SMILES string of the molecule is COc1ccc2nc(C(=O)N3CCN(Cc4csc(-c5ccccc5)n4)CC3)ccc2c1. The molecule has 1 amide bonds. The first kappa shape index (κ1) is 20.6. The van der Waals surface area contributed by atoms with E-state index < -0.39 is 0 Å². The molecule has 0 unspecified atom stereocenters. The van der Waals surface area contributed by atoms with E-state index in [1.807, 2.05) is 47.4 Å². The summed E-state index contributed by atoms with van der Waals surface area (Å²) in [5, 5.41) is 4.15. The Hall–Kier alpha value is -3.29. The molecule has 2 aromatic carbocycles. The van der Waals surface area contributed by atoms with Crippen LogP contribution in [0.4, 0.5) is 0 Å². The van der Waals surface area contributed by atoms with E-state index in [-0.39, 0.29) is 5.91 Å². The number of carbonyl (C=O) groups is 1. The Morgan fingerprint density at radius 3 is 2.59 bits per heavy atom. The number of thiazole rings is 1. The number of benzene rings is 2. The fraction of sp³-hybridized carbons (Fsp3) is 0.240. The summed E-state index contributed by atoms with van der Waals surface area (Å²) in [4.78, 5) is 26.6. The van der Waals surface area contributed by atoms with Crippen LogP contribution in [-0.4, -0.2) is 59.0 Å². The third-order valence-corrected chi connectivity index (χ3v) is 6.67. The topological polar surface area (TPSA) is 58.6 Å². The van der Waals surface area contributed by atoms with Gasteiger partial charge in [0.05, 0.1) is 18.3 Å². The van der Waals surface area contributed by atoms with Crippen LogP contribution in [0.5, 0.6) is 5.75 Å². The number of fused-ring (bicyclic) bond motifs is 1. The van der Waals surface area contributed by atoms with Crippen LogP contribution in [0.3, 0.4) is 0 Å². The molecule has 5 rings (SSSR count). The number of nitrogens with zero attached hydrogens (tertiary/aromatic N) is 4. The van der Waals surface area contributed by atoms with Crippen molar-refractivity contribution in [3.05, 3.63) is 77.4 Å². The van der Waals surface area contributed by atoms with E-state index in [1.54, 1.807) is 24.5 Å². The number of hydrogen-bond acceptors (Lipinski definition) is 6. The van der Waals surface area contributed by atoms with Crippen LogP contribution in [0.2, 0.25) is 0 Å². The number of carbonyl (C=O) groups excluding carboxylic acids is 1. The minimum absolute atomic E-state index is 0.0117. The monoisotopic (exact) mass is 444 g/mol. The standard InChI is InChI=1S/C25H24N4O2S/c1-31-21-8-10-22-19(15-21)7-9-23(27-22)25(30)29-13-11-28(12-14-29)16-20-17-32-24(26-20)18-5-3-2-4-6-18/h2-10,15,17H,11-14,16H2,1H3. The molecule has 1 aliphatic heterocycles. The Bertz CT molecular complexity index is 1230.